The van der Waals surface area contributed by atoms with Crippen LogP contribution in [0.2, 0.25) is 0 Å². The first kappa shape index (κ1) is 21.2. The van der Waals surface area contributed by atoms with Gasteiger partial charge < -0.3 is 10.3 Å². The summed E-state index contributed by atoms with van der Waals surface area (Å²) < 4.78 is 0. The number of carbonyl (C=O) groups is 1. The van der Waals surface area contributed by atoms with E-state index in [2.05, 4.69) is 53.4 Å². The summed E-state index contributed by atoms with van der Waals surface area (Å²) in [6.07, 6.45) is 6.46. The molecule has 1 amide bonds. The summed E-state index contributed by atoms with van der Waals surface area (Å²) >= 11 is 1.67. The van der Waals surface area contributed by atoms with Crippen molar-refractivity contribution >= 4 is 45.0 Å². The largest absolute Gasteiger partial charge is 0.338 e. The van der Waals surface area contributed by atoms with Crippen molar-refractivity contribution in [1.82, 2.24) is 30.1 Å². The molecule has 6 aromatic heterocycles. The number of hydrogen-bond donors (Lipinski definition) is 3. The molecule has 0 unspecified atom stereocenters. The second-order valence-electron chi connectivity index (χ2n) is 8.24. The lowest BCUT2D eigenvalue weighted by molar-refractivity contribution is -0.116. The predicted octanol–water partition coefficient (Wildman–Crippen LogP) is 6.03. The molecule has 9 heteroatoms. The molecule has 6 rings (SSSR count). The van der Waals surface area contributed by atoms with Crippen molar-refractivity contribution < 1.29 is 4.79 Å². The van der Waals surface area contributed by atoms with E-state index in [1.54, 1.807) is 23.7 Å². The van der Waals surface area contributed by atoms with E-state index in [4.69, 9.17) is 4.98 Å². The first-order chi connectivity index (χ1) is 17.2. The van der Waals surface area contributed by atoms with Crippen LogP contribution in [0.25, 0.3) is 55.8 Å². The van der Waals surface area contributed by atoms with Gasteiger partial charge in [-0.15, -0.1) is 0 Å². The Morgan fingerprint density at radius 3 is 2.91 bits per heavy atom. The van der Waals surface area contributed by atoms with Crippen LogP contribution in [0.4, 0.5) is 5.69 Å². The lowest BCUT2D eigenvalue weighted by Gasteiger charge is -2.06. The quantitative estimate of drug-likeness (QED) is 0.270. The van der Waals surface area contributed by atoms with Crippen LogP contribution < -0.4 is 5.32 Å². The molecule has 0 atom stereocenters. The fourth-order valence-corrected chi connectivity index (χ4v) is 4.83. The number of amides is 1. The Hall–Kier alpha value is -4.37. The minimum Gasteiger partial charge on any atom is -0.338 e. The van der Waals surface area contributed by atoms with Crippen LogP contribution in [-0.4, -0.2) is 36.0 Å². The van der Waals surface area contributed by atoms with Gasteiger partial charge in [0, 0.05) is 29.8 Å². The van der Waals surface area contributed by atoms with Crippen LogP contribution in [0.3, 0.4) is 0 Å². The van der Waals surface area contributed by atoms with Crippen molar-refractivity contribution in [3.63, 3.8) is 0 Å². The highest BCUT2D eigenvalue weighted by Crippen LogP contribution is 2.34. The number of aromatic nitrogens is 6. The maximum Gasteiger partial charge on any atom is 0.224 e. The van der Waals surface area contributed by atoms with Gasteiger partial charge in [0.15, 0.2) is 0 Å². The van der Waals surface area contributed by atoms with Crippen molar-refractivity contribution in [1.29, 1.82) is 0 Å². The molecule has 6 heterocycles. The molecule has 8 nitrogen and oxygen atoms in total. The smallest absolute Gasteiger partial charge is 0.224 e. The lowest BCUT2D eigenvalue weighted by atomic mass is 10.1. The molecule has 0 aliphatic rings. The second kappa shape index (κ2) is 8.77. The first-order valence-electron chi connectivity index (χ1n) is 11.3. The number of pyridine rings is 3. The molecule has 0 aromatic carbocycles. The van der Waals surface area contributed by atoms with Gasteiger partial charge >= 0.3 is 0 Å². The zero-order valence-corrected chi connectivity index (χ0v) is 19.7. The average molecular weight is 480 g/mol. The van der Waals surface area contributed by atoms with E-state index < -0.39 is 0 Å². The third kappa shape index (κ3) is 3.95. The number of carbonyl (C=O) groups excluding carboxylic acids is 1. The van der Waals surface area contributed by atoms with E-state index >= 15 is 0 Å². The summed E-state index contributed by atoms with van der Waals surface area (Å²) in [5.41, 5.74) is 8.42. The Labute approximate surface area is 204 Å². The third-order valence-corrected chi connectivity index (χ3v) is 6.50. The summed E-state index contributed by atoms with van der Waals surface area (Å²) in [5, 5.41) is 15.8. The first-order valence-corrected chi connectivity index (χ1v) is 12.2. The molecular formula is C26H21N7OS. The van der Waals surface area contributed by atoms with Gasteiger partial charge in [-0.25, -0.2) is 9.97 Å². The van der Waals surface area contributed by atoms with Gasteiger partial charge in [0.2, 0.25) is 5.91 Å². The van der Waals surface area contributed by atoms with Gasteiger partial charge in [0.25, 0.3) is 0 Å². The number of rotatable bonds is 6. The normalized spacial score (nSPS) is 11.3. The highest BCUT2D eigenvalue weighted by Gasteiger charge is 2.16. The number of H-pyrrole nitrogens is 2. The highest BCUT2D eigenvalue weighted by molar-refractivity contribution is 7.08. The average Bonchev–Trinajstić information content (AvgIpc) is 3.63. The number of hydrogen-bond acceptors (Lipinski definition) is 6. The monoisotopic (exact) mass is 479 g/mol. The molecule has 6 aromatic rings. The fraction of sp³-hybridized carbons (Fsp3) is 0.115. The zero-order chi connectivity index (χ0) is 23.8. The van der Waals surface area contributed by atoms with Crippen molar-refractivity contribution in [2.24, 2.45) is 0 Å². The van der Waals surface area contributed by atoms with Gasteiger partial charge in [-0.05, 0) is 64.7 Å². The van der Waals surface area contributed by atoms with Crippen LogP contribution in [0.15, 0.2) is 65.7 Å². The Morgan fingerprint density at radius 1 is 1.11 bits per heavy atom. The van der Waals surface area contributed by atoms with Crippen LogP contribution in [-0.2, 0) is 4.79 Å². The van der Waals surface area contributed by atoms with Crippen molar-refractivity contribution in [2.75, 3.05) is 5.32 Å². The Balaban J connectivity index is 1.40. The van der Waals surface area contributed by atoms with Crippen LogP contribution in [0.1, 0.15) is 19.8 Å². The Morgan fingerprint density at radius 2 is 2.06 bits per heavy atom. The number of aromatic amines is 2. The number of anilines is 1. The molecule has 0 radical (unpaired) electrons. The Bertz CT molecular complexity index is 1670. The minimum atomic E-state index is -0.0266. The summed E-state index contributed by atoms with van der Waals surface area (Å²) in [4.78, 5) is 29.1. The van der Waals surface area contributed by atoms with E-state index in [-0.39, 0.29) is 5.91 Å². The molecule has 0 saturated carbocycles. The maximum atomic E-state index is 12.0. The van der Waals surface area contributed by atoms with E-state index in [0.717, 1.165) is 56.7 Å². The maximum absolute atomic E-state index is 12.0. The molecule has 0 spiro atoms. The van der Waals surface area contributed by atoms with E-state index in [1.807, 2.05) is 37.4 Å². The van der Waals surface area contributed by atoms with Gasteiger partial charge in [0.05, 0.1) is 28.8 Å². The molecule has 0 aliphatic heterocycles. The summed E-state index contributed by atoms with van der Waals surface area (Å²) in [6, 6.07) is 12.0. The third-order valence-electron chi connectivity index (χ3n) is 5.82. The van der Waals surface area contributed by atoms with Crippen molar-refractivity contribution in [3.8, 4) is 33.8 Å². The van der Waals surface area contributed by atoms with Crippen molar-refractivity contribution in [3.05, 3.63) is 65.7 Å². The standard InChI is InChI=1S/C26H21N7OS/c1-2-3-23(34)29-17-10-16(12-27-13-17)20-4-5-21-24(30-20)25(33-32-21)22-11-19-18(15-7-9-35-14-15)6-8-28-26(19)31-22/h4-14H,2-3H2,1H3,(H,28,31)(H,29,34)(H,32,33). The summed E-state index contributed by atoms with van der Waals surface area (Å²) in [7, 11) is 0. The van der Waals surface area contributed by atoms with Crippen LogP contribution in [0.5, 0.6) is 0 Å². The molecule has 3 N–H and O–H groups in total. The summed E-state index contributed by atoms with van der Waals surface area (Å²) in [5.74, 6) is -0.0266. The Kier molecular flexibility index (Phi) is 5.31. The van der Waals surface area contributed by atoms with Gasteiger partial charge in [-0.1, -0.05) is 6.92 Å². The molecule has 0 fully saturated rings. The second-order valence-corrected chi connectivity index (χ2v) is 9.02. The van der Waals surface area contributed by atoms with Gasteiger partial charge in [-0.3, -0.25) is 14.9 Å². The van der Waals surface area contributed by atoms with E-state index in [0.29, 0.717) is 12.1 Å². The highest BCUT2D eigenvalue weighted by atomic mass is 32.1. The topological polar surface area (TPSA) is 112 Å². The van der Waals surface area contributed by atoms with E-state index in [9.17, 15) is 4.79 Å². The summed E-state index contributed by atoms with van der Waals surface area (Å²) in [6.45, 7) is 1.97. The number of thiophene rings is 1. The number of nitrogens with zero attached hydrogens (tertiary/aromatic N) is 4. The zero-order valence-electron chi connectivity index (χ0n) is 18.9. The van der Waals surface area contributed by atoms with Gasteiger partial charge in [0.1, 0.15) is 16.9 Å². The van der Waals surface area contributed by atoms with E-state index in [1.165, 1.54) is 5.56 Å². The molecule has 0 saturated heterocycles. The van der Waals surface area contributed by atoms with Gasteiger partial charge in [-0.2, -0.15) is 16.4 Å². The number of fused-ring (bicyclic) bond motifs is 2. The number of nitrogens with one attached hydrogen (secondary N) is 3. The minimum absolute atomic E-state index is 0.0266. The molecular weight excluding hydrogens is 458 g/mol. The predicted molar refractivity (Wildman–Crippen MR) is 139 cm³/mol. The molecule has 0 aliphatic carbocycles. The van der Waals surface area contributed by atoms with Crippen LogP contribution >= 0.6 is 11.3 Å². The lowest BCUT2D eigenvalue weighted by Crippen LogP contribution is -2.10. The molecule has 35 heavy (non-hydrogen) atoms. The molecule has 172 valence electrons. The molecule has 0 bridgehead atoms. The van der Waals surface area contributed by atoms with Crippen LogP contribution in [0, 0.1) is 0 Å². The SMILES string of the molecule is CCCC(=O)Nc1cncc(-c2ccc3[nH]nc(-c4cc5c(-c6ccsc6)ccnc5[nH]4)c3n2)c1. The fourth-order valence-electron chi connectivity index (χ4n) is 4.17. The van der Waals surface area contributed by atoms with Crippen molar-refractivity contribution in [2.45, 2.75) is 19.8 Å².